The van der Waals surface area contributed by atoms with Crippen LogP contribution >= 0.6 is 11.6 Å². The maximum atomic E-state index is 13.4. The molecule has 1 aromatic carbocycles. The summed E-state index contributed by atoms with van der Waals surface area (Å²) in [6.45, 7) is 6.53. The number of hydrogen-bond donors (Lipinski definition) is 1. The first-order valence-electron chi connectivity index (χ1n) is 8.65. The molecule has 1 atom stereocenters. The number of piperidine rings is 1. The molecule has 1 fully saturated rings. The summed E-state index contributed by atoms with van der Waals surface area (Å²) in [6, 6.07) is 7.41. The van der Waals surface area contributed by atoms with E-state index >= 15 is 0 Å². The van der Waals surface area contributed by atoms with Crippen molar-refractivity contribution in [2.75, 3.05) is 19.6 Å². The Hall–Kier alpha value is -1.52. The quantitative estimate of drug-likeness (QED) is 0.849. The molecule has 2 aliphatic rings. The highest BCUT2D eigenvalue weighted by Gasteiger charge is 2.46. The van der Waals surface area contributed by atoms with Crippen LogP contribution in [0, 0.1) is 5.92 Å². The van der Waals surface area contributed by atoms with E-state index in [1.807, 2.05) is 17.0 Å². The third kappa shape index (κ3) is 3.45. The number of amides is 1. The Morgan fingerprint density at radius 2 is 1.96 bits per heavy atom. The van der Waals surface area contributed by atoms with Crippen molar-refractivity contribution in [2.45, 2.75) is 38.3 Å². The minimum absolute atomic E-state index is 0.0997. The molecule has 0 spiro atoms. The molecule has 5 heteroatoms. The molecule has 2 heterocycles. The minimum Gasteiger partial charge on any atom is -0.477 e. The van der Waals surface area contributed by atoms with Crippen molar-refractivity contribution in [1.29, 1.82) is 0 Å². The summed E-state index contributed by atoms with van der Waals surface area (Å²) in [6.07, 6.45) is 5.57. The van der Waals surface area contributed by atoms with Crippen LogP contribution in [0.3, 0.4) is 0 Å². The van der Waals surface area contributed by atoms with Crippen LogP contribution in [-0.2, 0) is 4.79 Å². The lowest BCUT2D eigenvalue weighted by Crippen LogP contribution is -2.59. The molecular formula is C19H25ClN2O2. The van der Waals surface area contributed by atoms with E-state index in [1.54, 1.807) is 12.1 Å². The van der Waals surface area contributed by atoms with Crippen LogP contribution in [0.15, 0.2) is 36.4 Å². The molecule has 4 nitrogen and oxygen atoms in total. The van der Waals surface area contributed by atoms with Crippen LogP contribution in [0.4, 0.5) is 0 Å². The fraction of sp³-hybridized carbons (Fsp3) is 0.526. The Bertz CT molecular complexity index is 606. The number of nitrogens with zero attached hydrogens (tertiary/aromatic N) is 1. The van der Waals surface area contributed by atoms with Gasteiger partial charge in [0.25, 0.3) is 5.91 Å². The van der Waals surface area contributed by atoms with Gasteiger partial charge in [0.15, 0.2) is 5.60 Å². The molecule has 130 valence electrons. The number of rotatable bonds is 4. The molecule has 0 unspecified atom stereocenters. The highest BCUT2D eigenvalue weighted by molar-refractivity contribution is 6.30. The molecule has 0 aromatic heterocycles. The fourth-order valence-electron chi connectivity index (χ4n) is 3.52. The van der Waals surface area contributed by atoms with Crippen LogP contribution in [-0.4, -0.2) is 42.1 Å². The van der Waals surface area contributed by atoms with Crippen molar-refractivity contribution >= 4 is 17.5 Å². The first-order chi connectivity index (χ1) is 11.5. The molecule has 0 radical (unpaired) electrons. The molecule has 0 aliphatic carbocycles. The van der Waals surface area contributed by atoms with Gasteiger partial charge < -0.3 is 15.0 Å². The predicted octanol–water partition coefficient (Wildman–Crippen LogP) is 3.26. The van der Waals surface area contributed by atoms with Gasteiger partial charge >= 0.3 is 0 Å². The highest BCUT2D eigenvalue weighted by atomic mass is 35.5. The highest BCUT2D eigenvalue weighted by Crippen LogP contribution is 2.32. The van der Waals surface area contributed by atoms with Gasteiger partial charge in [0.05, 0.1) is 6.04 Å². The summed E-state index contributed by atoms with van der Waals surface area (Å²) >= 11 is 5.96. The molecule has 0 bridgehead atoms. The van der Waals surface area contributed by atoms with E-state index in [4.69, 9.17) is 16.3 Å². The fourth-order valence-corrected chi connectivity index (χ4v) is 3.65. The van der Waals surface area contributed by atoms with Gasteiger partial charge in [-0.05, 0) is 43.3 Å². The third-order valence-corrected chi connectivity index (χ3v) is 5.12. The summed E-state index contributed by atoms with van der Waals surface area (Å²) in [5.41, 5.74) is -0.793. The number of carbonyl (C=O) groups is 1. The maximum Gasteiger partial charge on any atom is 0.267 e. The SMILES string of the molecule is CC(C)[C@H]1C=CCN1C(=O)C1(Oc2ccc(Cl)cc2)CCNCC1. The zero-order valence-corrected chi connectivity index (χ0v) is 15.1. The number of halogens is 1. The topological polar surface area (TPSA) is 41.6 Å². The molecule has 24 heavy (non-hydrogen) atoms. The number of carbonyl (C=O) groups excluding carboxylic acids is 1. The number of benzene rings is 1. The molecular weight excluding hydrogens is 324 g/mol. The van der Waals surface area contributed by atoms with E-state index in [0.29, 0.717) is 36.1 Å². The van der Waals surface area contributed by atoms with Crippen molar-refractivity contribution in [2.24, 2.45) is 5.92 Å². The van der Waals surface area contributed by atoms with Gasteiger partial charge in [-0.25, -0.2) is 0 Å². The first-order valence-corrected chi connectivity index (χ1v) is 9.03. The molecule has 1 N–H and O–H groups in total. The van der Waals surface area contributed by atoms with Gasteiger partial charge in [0.1, 0.15) is 5.75 Å². The zero-order valence-electron chi connectivity index (χ0n) is 14.3. The van der Waals surface area contributed by atoms with Crippen LogP contribution in [0.25, 0.3) is 0 Å². The lowest BCUT2D eigenvalue weighted by molar-refractivity contribution is -0.152. The van der Waals surface area contributed by atoms with Gasteiger partial charge in [0, 0.05) is 24.4 Å². The Balaban J connectivity index is 1.85. The average Bonchev–Trinajstić information content (AvgIpc) is 3.07. The lowest BCUT2D eigenvalue weighted by atomic mass is 9.89. The summed E-state index contributed by atoms with van der Waals surface area (Å²) in [7, 11) is 0. The molecule has 3 rings (SSSR count). The van der Waals surface area contributed by atoms with Gasteiger partial charge in [-0.3, -0.25) is 4.79 Å². The van der Waals surface area contributed by atoms with E-state index in [0.717, 1.165) is 13.1 Å². The summed E-state index contributed by atoms with van der Waals surface area (Å²) in [5.74, 6) is 1.19. The minimum atomic E-state index is -0.793. The van der Waals surface area contributed by atoms with Gasteiger partial charge in [-0.15, -0.1) is 0 Å². The van der Waals surface area contributed by atoms with E-state index in [1.165, 1.54) is 0 Å². The second kappa shape index (κ2) is 7.16. The Kier molecular flexibility index (Phi) is 5.16. The normalized spacial score (nSPS) is 22.8. The summed E-state index contributed by atoms with van der Waals surface area (Å²) in [5, 5.41) is 3.99. The number of nitrogens with one attached hydrogen (secondary N) is 1. The van der Waals surface area contributed by atoms with Crippen LogP contribution in [0.5, 0.6) is 5.75 Å². The van der Waals surface area contributed by atoms with E-state index < -0.39 is 5.60 Å². The Morgan fingerprint density at radius 1 is 1.29 bits per heavy atom. The standard InChI is InChI=1S/C19H25ClN2O2/c1-14(2)17-4-3-13-22(17)18(23)19(9-11-21-12-10-19)24-16-7-5-15(20)6-8-16/h3-8,14,17,21H,9-13H2,1-2H3/t17-/m1/s1. The lowest BCUT2D eigenvalue weighted by Gasteiger charge is -2.41. The Morgan fingerprint density at radius 3 is 2.58 bits per heavy atom. The molecule has 2 aliphatic heterocycles. The van der Waals surface area contributed by atoms with Crippen molar-refractivity contribution in [1.82, 2.24) is 10.2 Å². The van der Waals surface area contributed by atoms with E-state index in [9.17, 15) is 4.79 Å². The average molecular weight is 349 g/mol. The number of hydrogen-bond acceptors (Lipinski definition) is 3. The predicted molar refractivity (Wildman–Crippen MR) is 96.4 cm³/mol. The van der Waals surface area contributed by atoms with Crippen molar-refractivity contribution in [3.8, 4) is 5.75 Å². The Labute approximate surface area is 148 Å². The van der Waals surface area contributed by atoms with Gasteiger partial charge in [-0.1, -0.05) is 37.6 Å². The smallest absolute Gasteiger partial charge is 0.267 e. The molecule has 0 saturated carbocycles. The molecule has 1 amide bonds. The van der Waals surface area contributed by atoms with E-state index in [2.05, 4.69) is 31.3 Å². The van der Waals surface area contributed by atoms with Crippen molar-refractivity contribution in [3.05, 3.63) is 41.4 Å². The monoisotopic (exact) mass is 348 g/mol. The first kappa shape index (κ1) is 17.3. The van der Waals surface area contributed by atoms with E-state index in [-0.39, 0.29) is 11.9 Å². The zero-order chi connectivity index (χ0) is 17.2. The summed E-state index contributed by atoms with van der Waals surface area (Å²) < 4.78 is 6.28. The van der Waals surface area contributed by atoms with Crippen LogP contribution in [0.2, 0.25) is 5.02 Å². The summed E-state index contributed by atoms with van der Waals surface area (Å²) in [4.78, 5) is 15.4. The molecule has 1 aromatic rings. The maximum absolute atomic E-state index is 13.4. The molecule has 1 saturated heterocycles. The largest absolute Gasteiger partial charge is 0.477 e. The van der Waals surface area contributed by atoms with Crippen LogP contribution in [0.1, 0.15) is 26.7 Å². The van der Waals surface area contributed by atoms with Gasteiger partial charge in [0.2, 0.25) is 0 Å². The van der Waals surface area contributed by atoms with Crippen molar-refractivity contribution in [3.63, 3.8) is 0 Å². The number of ether oxygens (including phenoxy) is 1. The van der Waals surface area contributed by atoms with Crippen molar-refractivity contribution < 1.29 is 9.53 Å². The van der Waals surface area contributed by atoms with Crippen LogP contribution < -0.4 is 10.1 Å². The second-order valence-corrected chi connectivity index (χ2v) is 7.36. The second-order valence-electron chi connectivity index (χ2n) is 6.92. The van der Waals surface area contributed by atoms with Gasteiger partial charge in [-0.2, -0.15) is 0 Å². The third-order valence-electron chi connectivity index (χ3n) is 4.87.